The van der Waals surface area contributed by atoms with Gasteiger partial charge in [-0.15, -0.1) is 0 Å². The van der Waals surface area contributed by atoms with Crippen molar-refractivity contribution in [3.05, 3.63) is 66.4 Å². The Hall–Kier alpha value is -3.65. The van der Waals surface area contributed by atoms with Crippen LogP contribution in [0.25, 0.3) is 22.2 Å². The number of Topliss-reactive ketones (excluding diaryl/α,β-unsaturated/α-hetero) is 1. The second-order valence-corrected chi connectivity index (χ2v) is 8.67. The van der Waals surface area contributed by atoms with Gasteiger partial charge >= 0.3 is 0 Å². The van der Waals surface area contributed by atoms with Gasteiger partial charge < -0.3 is 9.80 Å². The Morgan fingerprint density at radius 1 is 0.970 bits per heavy atom. The summed E-state index contributed by atoms with van der Waals surface area (Å²) in [6.07, 6.45) is 7.97. The molecule has 0 aliphatic carbocycles. The molecule has 0 unspecified atom stereocenters. The van der Waals surface area contributed by atoms with Crippen molar-refractivity contribution in [1.82, 2.24) is 29.6 Å². The van der Waals surface area contributed by atoms with E-state index < -0.39 is 0 Å². The van der Waals surface area contributed by atoms with E-state index in [0.29, 0.717) is 6.42 Å². The summed E-state index contributed by atoms with van der Waals surface area (Å²) in [5.74, 6) is 1.07. The second-order valence-electron chi connectivity index (χ2n) is 8.67. The molecule has 0 aromatic carbocycles. The van der Waals surface area contributed by atoms with Crippen LogP contribution in [0.4, 0.5) is 5.82 Å². The van der Waals surface area contributed by atoms with Crippen LogP contribution in [-0.4, -0.2) is 68.6 Å². The van der Waals surface area contributed by atoms with E-state index in [1.54, 1.807) is 23.3 Å². The molecule has 1 fully saturated rings. The molecule has 0 atom stereocenters. The van der Waals surface area contributed by atoms with E-state index in [0.717, 1.165) is 65.4 Å². The lowest BCUT2D eigenvalue weighted by Crippen LogP contribution is -2.44. The average molecular weight is 442 g/mol. The van der Waals surface area contributed by atoms with E-state index in [-0.39, 0.29) is 12.2 Å². The predicted octanol–water partition coefficient (Wildman–Crippen LogP) is 2.53. The number of hydrogen-bond donors (Lipinski definition) is 0. The smallest absolute Gasteiger partial charge is 0.143 e. The van der Waals surface area contributed by atoms with E-state index >= 15 is 0 Å². The van der Waals surface area contributed by atoms with E-state index in [4.69, 9.17) is 4.98 Å². The predicted molar refractivity (Wildman–Crippen MR) is 128 cm³/mol. The summed E-state index contributed by atoms with van der Waals surface area (Å²) in [6, 6.07) is 9.84. The van der Waals surface area contributed by atoms with E-state index in [2.05, 4.69) is 31.9 Å². The number of hydrogen-bond acceptors (Lipinski definition) is 7. The van der Waals surface area contributed by atoms with E-state index in [9.17, 15) is 4.79 Å². The van der Waals surface area contributed by atoms with Crippen molar-refractivity contribution in [2.24, 2.45) is 7.05 Å². The third-order valence-corrected chi connectivity index (χ3v) is 6.05. The molecule has 4 aromatic heterocycles. The quantitative estimate of drug-likeness (QED) is 0.455. The van der Waals surface area contributed by atoms with Gasteiger partial charge in [0.05, 0.1) is 17.4 Å². The van der Waals surface area contributed by atoms with Crippen LogP contribution in [0.3, 0.4) is 0 Å². The maximum absolute atomic E-state index is 12.8. The lowest BCUT2D eigenvalue weighted by atomic mass is 10.1. The van der Waals surface area contributed by atoms with Crippen molar-refractivity contribution in [2.75, 3.05) is 38.1 Å². The molecule has 0 N–H and O–H groups in total. The number of likely N-dealkylation sites (N-methyl/N-ethyl adjacent to an activating group) is 1. The molecular formula is C25H27N7O. The first-order valence-electron chi connectivity index (χ1n) is 11.2. The molecule has 0 saturated carbocycles. The van der Waals surface area contributed by atoms with Gasteiger partial charge in [0.1, 0.15) is 11.6 Å². The highest BCUT2D eigenvalue weighted by molar-refractivity contribution is 5.85. The molecule has 5 heterocycles. The van der Waals surface area contributed by atoms with Gasteiger partial charge in [-0.3, -0.25) is 14.5 Å². The van der Waals surface area contributed by atoms with Crippen LogP contribution >= 0.6 is 0 Å². The minimum atomic E-state index is 0.126. The monoisotopic (exact) mass is 441 g/mol. The fraction of sp³-hybridized carbons (Fsp3) is 0.320. The topological polar surface area (TPSA) is 80.0 Å². The van der Waals surface area contributed by atoms with Crippen LogP contribution in [0.1, 0.15) is 11.3 Å². The normalized spacial score (nSPS) is 14.7. The van der Waals surface area contributed by atoms with E-state index in [1.807, 2.05) is 43.6 Å². The van der Waals surface area contributed by atoms with Crippen molar-refractivity contribution in [2.45, 2.75) is 12.8 Å². The number of rotatable bonds is 6. The van der Waals surface area contributed by atoms with Crippen LogP contribution < -0.4 is 4.90 Å². The molecule has 1 aliphatic rings. The molecule has 0 spiro atoms. The van der Waals surface area contributed by atoms with Crippen LogP contribution in [-0.2, 0) is 24.7 Å². The highest BCUT2D eigenvalue weighted by Crippen LogP contribution is 2.21. The van der Waals surface area contributed by atoms with Gasteiger partial charge in [-0.2, -0.15) is 5.10 Å². The second kappa shape index (κ2) is 9.07. The lowest BCUT2D eigenvalue weighted by Gasteiger charge is -2.33. The molecule has 1 aliphatic heterocycles. The Morgan fingerprint density at radius 3 is 2.61 bits per heavy atom. The van der Waals surface area contributed by atoms with Crippen molar-refractivity contribution in [1.29, 1.82) is 0 Å². The van der Waals surface area contributed by atoms with Crippen LogP contribution in [0.5, 0.6) is 0 Å². The zero-order chi connectivity index (χ0) is 22.8. The molecule has 8 heteroatoms. The summed E-state index contributed by atoms with van der Waals surface area (Å²) >= 11 is 0. The summed E-state index contributed by atoms with van der Waals surface area (Å²) in [5.41, 5.74) is 4.36. The van der Waals surface area contributed by atoms with Crippen molar-refractivity contribution in [3.63, 3.8) is 0 Å². The molecule has 168 valence electrons. The zero-order valence-electron chi connectivity index (χ0n) is 19.0. The maximum atomic E-state index is 12.8. The fourth-order valence-electron chi connectivity index (χ4n) is 4.14. The molecular weight excluding hydrogens is 414 g/mol. The Kier molecular flexibility index (Phi) is 5.83. The number of nitrogens with zero attached hydrogens (tertiary/aromatic N) is 7. The number of piperazine rings is 1. The number of carbonyl (C=O) groups excluding carboxylic acids is 1. The van der Waals surface area contributed by atoms with Gasteiger partial charge in [0.25, 0.3) is 0 Å². The minimum Gasteiger partial charge on any atom is -0.354 e. The Labute approximate surface area is 192 Å². The molecule has 5 rings (SSSR count). The number of anilines is 1. The van der Waals surface area contributed by atoms with Crippen LogP contribution in [0.15, 0.2) is 55.1 Å². The molecule has 8 nitrogen and oxygen atoms in total. The summed E-state index contributed by atoms with van der Waals surface area (Å²) in [7, 11) is 4.02. The average Bonchev–Trinajstić information content (AvgIpc) is 3.25. The first-order valence-corrected chi connectivity index (χ1v) is 11.2. The van der Waals surface area contributed by atoms with Crippen LogP contribution in [0, 0.1) is 0 Å². The number of fused-ring (bicyclic) bond motifs is 1. The minimum absolute atomic E-state index is 0.126. The van der Waals surface area contributed by atoms with E-state index in [1.165, 1.54) is 0 Å². The number of aromatic nitrogens is 5. The van der Waals surface area contributed by atoms with Crippen molar-refractivity contribution < 1.29 is 4.79 Å². The van der Waals surface area contributed by atoms with Gasteiger partial charge in [0.15, 0.2) is 0 Å². The number of carbonyl (C=O) groups is 1. The SMILES string of the molecule is CN1CCN(c2cc(CC(=O)Cc3cc4nc(-c5cnn(C)c5)ccc4cn3)ccn2)CC1. The molecule has 1 saturated heterocycles. The molecule has 0 bridgehead atoms. The van der Waals surface area contributed by atoms with Gasteiger partial charge in [0, 0.05) is 81.3 Å². The summed E-state index contributed by atoms with van der Waals surface area (Å²) in [4.78, 5) is 31.2. The van der Waals surface area contributed by atoms with Crippen molar-refractivity contribution in [3.8, 4) is 11.3 Å². The number of aryl methyl sites for hydroxylation is 1. The van der Waals surface area contributed by atoms with Gasteiger partial charge in [0.2, 0.25) is 0 Å². The Morgan fingerprint density at radius 2 is 1.82 bits per heavy atom. The summed E-state index contributed by atoms with van der Waals surface area (Å²) < 4.78 is 1.76. The summed E-state index contributed by atoms with van der Waals surface area (Å²) in [5, 5.41) is 5.17. The number of ketones is 1. The maximum Gasteiger partial charge on any atom is 0.143 e. The first-order chi connectivity index (χ1) is 16.0. The van der Waals surface area contributed by atoms with Crippen LogP contribution in [0.2, 0.25) is 0 Å². The fourth-order valence-corrected chi connectivity index (χ4v) is 4.14. The third kappa shape index (κ3) is 4.90. The third-order valence-electron chi connectivity index (χ3n) is 6.05. The summed E-state index contributed by atoms with van der Waals surface area (Å²) in [6.45, 7) is 3.95. The highest BCUT2D eigenvalue weighted by atomic mass is 16.1. The Balaban J connectivity index is 1.28. The largest absolute Gasteiger partial charge is 0.354 e. The lowest BCUT2D eigenvalue weighted by molar-refractivity contribution is -0.117. The standard InChI is InChI=1S/C25H27N7O/c1-30-7-9-32(10-8-30)25-12-18(5-6-26-25)11-22(33)13-21-14-24-19(15-27-21)3-4-23(29-24)20-16-28-31(2)17-20/h3-6,12,14-17H,7-11,13H2,1-2H3. The number of pyridine rings is 3. The van der Waals surface area contributed by atoms with Gasteiger partial charge in [-0.05, 0) is 42.9 Å². The van der Waals surface area contributed by atoms with Gasteiger partial charge in [-0.25, -0.2) is 9.97 Å². The molecule has 4 aromatic rings. The first kappa shape index (κ1) is 21.2. The van der Waals surface area contributed by atoms with Gasteiger partial charge in [-0.1, -0.05) is 0 Å². The Bertz CT molecular complexity index is 1290. The zero-order valence-corrected chi connectivity index (χ0v) is 19.0. The highest BCUT2D eigenvalue weighted by Gasteiger charge is 2.16. The molecule has 33 heavy (non-hydrogen) atoms. The van der Waals surface area contributed by atoms with Crippen molar-refractivity contribution >= 4 is 22.5 Å². The molecule has 0 radical (unpaired) electrons. The molecule has 0 amide bonds.